The molecule has 0 saturated carbocycles. The second-order valence-corrected chi connectivity index (χ2v) is 7.28. The highest BCUT2D eigenvalue weighted by molar-refractivity contribution is 7.89. The van der Waals surface area contributed by atoms with E-state index in [0.717, 1.165) is 18.2 Å². The lowest BCUT2D eigenvalue weighted by Crippen LogP contribution is -2.24. The molecule has 2 aromatic carbocycles. The fraction of sp³-hybridized carbons (Fsp3) is 0.188. The third-order valence-corrected chi connectivity index (χ3v) is 4.40. The van der Waals surface area contributed by atoms with Gasteiger partial charge in [0.2, 0.25) is 10.0 Å². The number of nitrogens with zero attached hydrogens (tertiary/aromatic N) is 1. The number of nitrogens with two attached hydrogens (primary N) is 1. The molecule has 3 N–H and O–H groups in total. The van der Waals surface area contributed by atoms with Crippen molar-refractivity contribution in [2.24, 2.45) is 5.14 Å². The number of carbonyl (C=O) groups excluding carboxylic acids is 1. The Balaban J connectivity index is 2.21. The summed E-state index contributed by atoms with van der Waals surface area (Å²) in [6, 6.07) is 7.92. The monoisotopic (exact) mass is 433 g/mol. The summed E-state index contributed by atoms with van der Waals surface area (Å²) in [5.74, 6) is -1.34. The second kappa shape index (κ2) is 8.45. The number of nitrogens with one attached hydrogen (secondary N) is 1. The number of benzene rings is 2. The molecule has 0 aliphatic rings. The molecule has 156 valence electrons. The molecule has 0 heterocycles. The van der Waals surface area contributed by atoms with E-state index in [9.17, 15) is 36.5 Å². The Morgan fingerprint density at radius 1 is 1.21 bits per heavy atom. The number of rotatable bonds is 7. The van der Waals surface area contributed by atoms with E-state index in [0.29, 0.717) is 5.56 Å². The maximum atomic E-state index is 12.3. The SMILES string of the molecule is NS(=O)(=O)c1cccc(CNC(=O)c2cc(OCC(F)(F)F)ccc2[N+](=O)[O-])c1. The van der Waals surface area contributed by atoms with Crippen LogP contribution in [0.1, 0.15) is 15.9 Å². The molecule has 9 nitrogen and oxygen atoms in total. The van der Waals surface area contributed by atoms with Crippen molar-refractivity contribution in [2.45, 2.75) is 17.6 Å². The molecule has 0 fully saturated rings. The summed E-state index contributed by atoms with van der Waals surface area (Å²) in [6.45, 7) is -1.85. The molecule has 29 heavy (non-hydrogen) atoms. The van der Waals surface area contributed by atoms with Crippen molar-refractivity contribution in [1.82, 2.24) is 5.32 Å². The summed E-state index contributed by atoms with van der Waals surface area (Å²) in [7, 11) is -3.97. The number of carbonyl (C=O) groups is 1. The van der Waals surface area contributed by atoms with Gasteiger partial charge in [-0.15, -0.1) is 0 Å². The molecule has 0 aliphatic heterocycles. The fourth-order valence-electron chi connectivity index (χ4n) is 2.22. The Morgan fingerprint density at radius 3 is 2.48 bits per heavy atom. The van der Waals surface area contributed by atoms with Crippen molar-refractivity contribution in [3.8, 4) is 5.75 Å². The lowest BCUT2D eigenvalue weighted by atomic mass is 10.1. The quantitative estimate of drug-likeness (QED) is 0.506. The first-order valence-electron chi connectivity index (χ1n) is 7.75. The van der Waals surface area contributed by atoms with Crippen molar-refractivity contribution in [3.05, 3.63) is 63.7 Å². The number of nitro groups is 1. The first-order valence-corrected chi connectivity index (χ1v) is 9.29. The van der Waals surface area contributed by atoms with E-state index in [1.165, 1.54) is 24.3 Å². The third kappa shape index (κ3) is 6.43. The van der Waals surface area contributed by atoms with E-state index < -0.39 is 44.9 Å². The average molecular weight is 433 g/mol. The Labute approximate surface area is 162 Å². The predicted octanol–water partition coefficient (Wildman–Crippen LogP) is 2.11. The highest BCUT2D eigenvalue weighted by Gasteiger charge is 2.29. The van der Waals surface area contributed by atoms with E-state index in [2.05, 4.69) is 10.1 Å². The van der Waals surface area contributed by atoms with E-state index >= 15 is 0 Å². The van der Waals surface area contributed by atoms with Gasteiger partial charge in [0.15, 0.2) is 6.61 Å². The standard InChI is InChI=1S/C16H14F3N3O6S/c17-16(18,19)9-28-11-4-5-14(22(24)25)13(7-11)15(23)21-8-10-2-1-3-12(6-10)29(20,26)27/h1-7H,8-9H2,(H,21,23)(H2,20,26,27). The van der Waals surface area contributed by atoms with Gasteiger partial charge >= 0.3 is 6.18 Å². The van der Waals surface area contributed by atoms with E-state index in [1.807, 2.05) is 0 Å². The van der Waals surface area contributed by atoms with Crippen LogP contribution in [0, 0.1) is 10.1 Å². The minimum atomic E-state index is -4.63. The summed E-state index contributed by atoms with van der Waals surface area (Å²) in [4.78, 5) is 22.4. The summed E-state index contributed by atoms with van der Waals surface area (Å²) in [5, 5.41) is 18.5. The number of halogens is 3. The van der Waals surface area contributed by atoms with Gasteiger partial charge in [-0.3, -0.25) is 14.9 Å². The van der Waals surface area contributed by atoms with Crippen LogP contribution in [-0.2, 0) is 16.6 Å². The molecule has 0 radical (unpaired) electrons. The Kier molecular flexibility index (Phi) is 6.44. The number of sulfonamides is 1. The van der Waals surface area contributed by atoms with E-state index in [-0.39, 0.29) is 17.2 Å². The molecule has 0 atom stereocenters. The lowest BCUT2D eigenvalue weighted by Gasteiger charge is -2.11. The number of alkyl halides is 3. The average Bonchev–Trinajstić information content (AvgIpc) is 2.63. The molecular weight excluding hydrogens is 419 g/mol. The van der Waals surface area contributed by atoms with Gasteiger partial charge in [0.25, 0.3) is 11.6 Å². The van der Waals surface area contributed by atoms with Crippen LogP contribution in [0.2, 0.25) is 0 Å². The maximum absolute atomic E-state index is 12.3. The first kappa shape index (κ1) is 22.1. The molecule has 2 aromatic rings. The molecule has 0 aromatic heterocycles. The van der Waals surface area contributed by atoms with Crippen molar-refractivity contribution >= 4 is 21.6 Å². The number of amides is 1. The normalized spacial score (nSPS) is 11.7. The largest absolute Gasteiger partial charge is 0.484 e. The summed E-state index contributed by atoms with van der Waals surface area (Å²) in [6.07, 6.45) is -4.63. The summed E-state index contributed by atoms with van der Waals surface area (Å²) in [5.41, 5.74) is -0.825. The van der Waals surface area contributed by atoms with Crippen LogP contribution in [0.5, 0.6) is 5.75 Å². The Bertz CT molecular complexity index is 1040. The zero-order valence-corrected chi connectivity index (χ0v) is 15.3. The number of primary sulfonamides is 1. The molecule has 1 amide bonds. The third-order valence-electron chi connectivity index (χ3n) is 3.49. The van der Waals surface area contributed by atoms with E-state index in [4.69, 9.17) is 5.14 Å². The van der Waals surface area contributed by atoms with Crippen LogP contribution in [-0.4, -0.2) is 32.0 Å². The fourth-order valence-corrected chi connectivity index (χ4v) is 2.81. The number of ether oxygens (including phenoxy) is 1. The summed E-state index contributed by atoms with van der Waals surface area (Å²) >= 11 is 0. The van der Waals surface area contributed by atoms with Gasteiger partial charge in [0.05, 0.1) is 9.82 Å². The molecule has 0 bridgehead atoms. The topological polar surface area (TPSA) is 142 Å². The van der Waals surface area contributed by atoms with Crippen molar-refractivity contribution < 1.29 is 36.0 Å². The highest BCUT2D eigenvalue weighted by atomic mass is 32.2. The van der Waals surface area contributed by atoms with Gasteiger partial charge in [-0.1, -0.05) is 12.1 Å². The molecule has 0 spiro atoms. The van der Waals surface area contributed by atoms with Gasteiger partial charge < -0.3 is 10.1 Å². The Morgan fingerprint density at radius 2 is 1.90 bits per heavy atom. The van der Waals surface area contributed by atoms with Crippen molar-refractivity contribution in [3.63, 3.8) is 0 Å². The van der Waals surface area contributed by atoms with Crippen LogP contribution in [0.15, 0.2) is 47.4 Å². The van der Waals surface area contributed by atoms with Gasteiger partial charge in [0.1, 0.15) is 11.3 Å². The number of nitro benzene ring substituents is 1. The molecule has 0 unspecified atom stereocenters. The molecule has 2 rings (SSSR count). The van der Waals surface area contributed by atoms with Crippen LogP contribution < -0.4 is 15.2 Å². The van der Waals surface area contributed by atoms with Crippen LogP contribution in [0.25, 0.3) is 0 Å². The smallest absolute Gasteiger partial charge is 0.422 e. The van der Waals surface area contributed by atoms with Gasteiger partial charge in [0, 0.05) is 12.6 Å². The van der Waals surface area contributed by atoms with Gasteiger partial charge in [-0.05, 0) is 29.8 Å². The molecule has 0 aliphatic carbocycles. The van der Waals surface area contributed by atoms with Crippen LogP contribution in [0.4, 0.5) is 18.9 Å². The first-order chi connectivity index (χ1) is 13.4. The second-order valence-electron chi connectivity index (χ2n) is 5.72. The number of hydrogen-bond donors (Lipinski definition) is 2. The molecule has 0 saturated heterocycles. The number of hydrogen-bond acceptors (Lipinski definition) is 6. The summed E-state index contributed by atoms with van der Waals surface area (Å²) < 4.78 is 64.0. The van der Waals surface area contributed by atoms with E-state index in [1.54, 1.807) is 0 Å². The lowest BCUT2D eigenvalue weighted by molar-refractivity contribution is -0.385. The predicted molar refractivity (Wildman–Crippen MR) is 93.6 cm³/mol. The van der Waals surface area contributed by atoms with Crippen LogP contribution in [0.3, 0.4) is 0 Å². The highest BCUT2D eigenvalue weighted by Crippen LogP contribution is 2.26. The minimum absolute atomic E-state index is 0.197. The molecule has 13 heteroatoms. The zero-order chi connectivity index (χ0) is 21.8. The van der Waals surface area contributed by atoms with Crippen molar-refractivity contribution in [1.29, 1.82) is 0 Å². The zero-order valence-electron chi connectivity index (χ0n) is 14.5. The maximum Gasteiger partial charge on any atom is 0.422 e. The van der Waals surface area contributed by atoms with Crippen LogP contribution >= 0.6 is 0 Å². The molecular formula is C16H14F3N3O6S. The Hall–Kier alpha value is -3.19. The van der Waals surface area contributed by atoms with Crippen molar-refractivity contribution in [2.75, 3.05) is 6.61 Å². The van der Waals surface area contributed by atoms with Gasteiger partial charge in [-0.2, -0.15) is 13.2 Å². The van der Waals surface area contributed by atoms with Gasteiger partial charge in [-0.25, -0.2) is 13.6 Å². The minimum Gasteiger partial charge on any atom is -0.484 e.